The van der Waals surface area contributed by atoms with Crippen LogP contribution < -0.4 is 9.27 Å². The second-order valence-corrected chi connectivity index (χ2v) is 12.6. The molecule has 1 aliphatic rings. The molecule has 2 heterocycles. The lowest BCUT2D eigenvalue weighted by atomic mass is 9.92. The molecule has 1 aromatic heterocycles. The average molecular weight is 538 g/mol. The normalized spacial score (nSPS) is 15.6. The van der Waals surface area contributed by atoms with E-state index in [0.29, 0.717) is 33.5 Å². The summed E-state index contributed by atoms with van der Waals surface area (Å²) in [5, 5.41) is -0.143. The van der Waals surface area contributed by atoms with Gasteiger partial charge in [0.05, 0.1) is 35.0 Å². The van der Waals surface area contributed by atoms with Gasteiger partial charge in [-0.1, -0.05) is 11.6 Å². The van der Waals surface area contributed by atoms with E-state index in [0.717, 1.165) is 12.5 Å². The standard InChI is InChI=1S/C23H21ClFN3O5S2/c1-13-16-11-22(29)27(2)12-19(16)17-10-21(28(34(3,30)31)35(4,32)33)20(24)9-18(17)23(26-13)14-5-7-15(25)8-6-14/h5-13H,1-4H3/t13-/m0/s1. The van der Waals surface area contributed by atoms with Crippen molar-refractivity contribution in [3.63, 3.8) is 0 Å². The van der Waals surface area contributed by atoms with Crippen LogP contribution >= 0.6 is 11.6 Å². The van der Waals surface area contributed by atoms with Crippen molar-refractivity contribution in [2.45, 2.75) is 13.0 Å². The zero-order valence-corrected chi connectivity index (χ0v) is 21.5. The van der Waals surface area contributed by atoms with Crippen LogP contribution in [0.2, 0.25) is 5.02 Å². The third-order valence-electron chi connectivity index (χ3n) is 5.58. The topological polar surface area (TPSA) is 106 Å². The Morgan fingerprint density at radius 2 is 1.57 bits per heavy atom. The molecule has 3 aromatic rings. The van der Waals surface area contributed by atoms with Crippen molar-refractivity contribution < 1.29 is 21.2 Å². The van der Waals surface area contributed by atoms with E-state index < -0.39 is 31.9 Å². The second kappa shape index (κ2) is 8.58. The molecule has 8 nitrogen and oxygen atoms in total. The Kier molecular flexibility index (Phi) is 6.15. The SMILES string of the molecule is C[C@@H]1N=C(c2ccc(F)cc2)c2cc(Cl)c(N(S(C)(=O)=O)S(C)(=O)=O)cc2-c2cn(C)c(=O)cc21. The number of aliphatic imine (C=N–C) groups is 1. The van der Waals surface area contributed by atoms with E-state index in [1.807, 2.05) is 0 Å². The van der Waals surface area contributed by atoms with Gasteiger partial charge in [0.1, 0.15) is 5.82 Å². The first-order valence-corrected chi connectivity index (χ1v) is 14.3. The predicted molar refractivity (Wildman–Crippen MR) is 135 cm³/mol. The molecule has 12 heteroatoms. The maximum Gasteiger partial charge on any atom is 0.250 e. The summed E-state index contributed by atoms with van der Waals surface area (Å²) in [4.78, 5) is 17.2. The second-order valence-electron chi connectivity index (χ2n) is 8.32. The van der Waals surface area contributed by atoms with Crippen LogP contribution in [-0.2, 0) is 27.1 Å². The summed E-state index contributed by atoms with van der Waals surface area (Å²) in [7, 11) is -6.98. The first kappa shape index (κ1) is 25.1. The van der Waals surface area contributed by atoms with Gasteiger partial charge in [-0.2, -0.15) is 3.71 Å². The van der Waals surface area contributed by atoms with Crippen molar-refractivity contribution in [1.29, 1.82) is 0 Å². The van der Waals surface area contributed by atoms with E-state index in [9.17, 15) is 26.0 Å². The number of pyridine rings is 1. The van der Waals surface area contributed by atoms with Crippen LogP contribution in [0.25, 0.3) is 11.1 Å². The van der Waals surface area contributed by atoms with Gasteiger partial charge in [-0.05, 0) is 54.4 Å². The highest BCUT2D eigenvalue weighted by Crippen LogP contribution is 2.42. The third-order valence-corrected chi connectivity index (χ3v) is 9.11. The molecule has 184 valence electrons. The summed E-state index contributed by atoms with van der Waals surface area (Å²) in [6.45, 7) is 1.79. The van der Waals surface area contributed by atoms with Gasteiger partial charge >= 0.3 is 0 Å². The Balaban J connectivity index is 2.14. The molecule has 0 unspecified atom stereocenters. The number of halogens is 2. The van der Waals surface area contributed by atoms with Gasteiger partial charge in [0, 0.05) is 36.0 Å². The molecule has 0 fully saturated rings. The average Bonchev–Trinajstić information content (AvgIpc) is 2.83. The summed E-state index contributed by atoms with van der Waals surface area (Å²) >= 11 is 6.48. The van der Waals surface area contributed by atoms with Crippen LogP contribution in [0.15, 0.2) is 58.4 Å². The molecule has 0 N–H and O–H groups in total. The molecule has 2 aromatic carbocycles. The van der Waals surface area contributed by atoms with Gasteiger partial charge in [-0.3, -0.25) is 9.79 Å². The number of fused-ring (bicyclic) bond motifs is 3. The van der Waals surface area contributed by atoms with Gasteiger partial charge < -0.3 is 4.57 Å². The number of hydrogen-bond donors (Lipinski definition) is 0. The van der Waals surface area contributed by atoms with Crippen LogP contribution in [0.4, 0.5) is 10.1 Å². The zero-order valence-electron chi connectivity index (χ0n) is 19.2. The van der Waals surface area contributed by atoms with Crippen molar-refractivity contribution in [3.05, 3.63) is 86.5 Å². The minimum Gasteiger partial charge on any atom is -0.318 e. The molecule has 35 heavy (non-hydrogen) atoms. The Morgan fingerprint density at radius 1 is 0.971 bits per heavy atom. The number of rotatable bonds is 4. The minimum absolute atomic E-state index is 0.143. The van der Waals surface area contributed by atoms with Gasteiger partial charge in [-0.25, -0.2) is 21.2 Å². The summed E-state index contributed by atoms with van der Waals surface area (Å²) in [5.41, 5.74) is 2.45. The summed E-state index contributed by atoms with van der Waals surface area (Å²) in [5.74, 6) is -0.437. The zero-order chi connectivity index (χ0) is 25.9. The van der Waals surface area contributed by atoms with Crippen molar-refractivity contribution in [3.8, 4) is 11.1 Å². The number of aryl methyl sites for hydroxylation is 1. The largest absolute Gasteiger partial charge is 0.318 e. The quantitative estimate of drug-likeness (QED) is 0.506. The number of benzene rings is 2. The number of anilines is 1. The fourth-order valence-electron chi connectivity index (χ4n) is 4.11. The van der Waals surface area contributed by atoms with Crippen LogP contribution in [0.3, 0.4) is 0 Å². The Morgan fingerprint density at radius 3 is 2.14 bits per heavy atom. The number of aromatic nitrogens is 1. The van der Waals surface area contributed by atoms with Crippen molar-refractivity contribution in [2.24, 2.45) is 12.0 Å². The fraction of sp³-hybridized carbons (Fsp3) is 0.217. The molecular weight excluding hydrogens is 517 g/mol. The van der Waals surface area contributed by atoms with Crippen molar-refractivity contribution in [1.82, 2.24) is 4.57 Å². The summed E-state index contributed by atoms with van der Waals surface area (Å²) < 4.78 is 65.1. The molecule has 1 atom stereocenters. The smallest absolute Gasteiger partial charge is 0.250 e. The van der Waals surface area contributed by atoms with Gasteiger partial charge in [-0.15, -0.1) is 0 Å². The number of hydrogen-bond acceptors (Lipinski definition) is 6. The molecule has 0 amide bonds. The molecular formula is C23H21ClFN3O5S2. The van der Waals surface area contributed by atoms with Gasteiger partial charge in [0.25, 0.3) is 5.56 Å². The molecule has 0 radical (unpaired) electrons. The van der Waals surface area contributed by atoms with E-state index >= 15 is 0 Å². The van der Waals surface area contributed by atoms with Crippen LogP contribution in [0.5, 0.6) is 0 Å². The lowest BCUT2D eigenvalue weighted by Gasteiger charge is -2.23. The Labute approximate surface area is 207 Å². The van der Waals surface area contributed by atoms with E-state index in [4.69, 9.17) is 16.6 Å². The van der Waals surface area contributed by atoms with Crippen LogP contribution in [-0.4, -0.2) is 39.6 Å². The first-order chi connectivity index (χ1) is 16.2. The lowest BCUT2D eigenvalue weighted by molar-refractivity contribution is 0.590. The van der Waals surface area contributed by atoms with Crippen molar-refractivity contribution in [2.75, 3.05) is 16.2 Å². The number of nitrogens with zero attached hydrogens (tertiary/aromatic N) is 3. The van der Waals surface area contributed by atoms with E-state index in [2.05, 4.69) is 0 Å². The highest BCUT2D eigenvalue weighted by molar-refractivity contribution is 8.09. The van der Waals surface area contributed by atoms with E-state index in [-0.39, 0.29) is 20.0 Å². The Bertz CT molecular complexity index is 1630. The lowest BCUT2D eigenvalue weighted by Crippen LogP contribution is -2.35. The molecule has 0 saturated heterocycles. The third kappa shape index (κ3) is 4.63. The summed E-state index contributed by atoms with van der Waals surface area (Å²) in [6.07, 6.45) is 3.11. The number of sulfonamides is 2. The van der Waals surface area contributed by atoms with Crippen LogP contribution in [0.1, 0.15) is 29.7 Å². The summed E-state index contributed by atoms with van der Waals surface area (Å²) in [6, 6.07) is 9.36. The van der Waals surface area contributed by atoms with Crippen LogP contribution in [0, 0.1) is 5.82 Å². The van der Waals surface area contributed by atoms with Gasteiger partial charge in [0.15, 0.2) is 0 Å². The minimum atomic E-state index is -4.27. The predicted octanol–water partition coefficient (Wildman–Crippen LogP) is 3.48. The Hall–Kier alpha value is -3.02. The molecule has 1 aliphatic heterocycles. The van der Waals surface area contributed by atoms with Crippen molar-refractivity contribution >= 4 is 43.0 Å². The maximum atomic E-state index is 13.6. The maximum absolute atomic E-state index is 13.6. The fourth-order valence-corrected chi connectivity index (χ4v) is 7.44. The van der Waals surface area contributed by atoms with Gasteiger partial charge in [0.2, 0.25) is 20.0 Å². The highest BCUT2D eigenvalue weighted by atomic mass is 35.5. The molecule has 0 aliphatic carbocycles. The highest BCUT2D eigenvalue weighted by Gasteiger charge is 2.32. The first-order valence-electron chi connectivity index (χ1n) is 10.3. The molecule has 0 saturated carbocycles. The molecule has 0 bridgehead atoms. The van der Waals surface area contributed by atoms with E-state index in [1.54, 1.807) is 32.3 Å². The monoisotopic (exact) mass is 537 g/mol. The molecule has 0 spiro atoms. The van der Waals surface area contributed by atoms with E-state index in [1.165, 1.54) is 34.9 Å². The molecule has 4 rings (SSSR count).